The standard InChI is InChI=1S/C22H19ClN2O2/c1-15-5-2-3-6-18(15)14-24-21(26)16-9-11-17(12-10-16)22(27)25-20-8-4-7-19(23)13-20/h2-13H,14H2,1H3,(H,24,26)(H,25,27). The van der Waals surface area contributed by atoms with Gasteiger partial charge in [-0.15, -0.1) is 0 Å². The van der Waals surface area contributed by atoms with Gasteiger partial charge in [-0.2, -0.15) is 0 Å². The number of nitrogens with one attached hydrogen (secondary N) is 2. The number of hydrogen-bond acceptors (Lipinski definition) is 2. The summed E-state index contributed by atoms with van der Waals surface area (Å²) in [6.07, 6.45) is 0. The maximum absolute atomic E-state index is 12.3. The summed E-state index contributed by atoms with van der Waals surface area (Å²) in [5.74, 6) is -0.441. The van der Waals surface area contributed by atoms with Crippen LogP contribution < -0.4 is 10.6 Å². The van der Waals surface area contributed by atoms with Crippen LogP contribution in [0.1, 0.15) is 31.8 Å². The molecule has 0 heterocycles. The Balaban J connectivity index is 1.61. The molecule has 0 aliphatic carbocycles. The van der Waals surface area contributed by atoms with Crippen molar-refractivity contribution in [1.29, 1.82) is 0 Å². The highest BCUT2D eigenvalue weighted by molar-refractivity contribution is 6.31. The van der Waals surface area contributed by atoms with Gasteiger partial charge in [0, 0.05) is 28.4 Å². The van der Waals surface area contributed by atoms with Crippen LogP contribution >= 0.6 is 11.6 Å². The molecule has 0 aliphatic heterocycles. The maximum atomic E-state index is 12.3. The highest BCUT2D eigenvalue weighted by Crippen LogP contribution is 2.16. The Labute approximate surface area is 163 Å². The number of anilines is 1. The van der Waals surface area contributed by atoms with Crippen LogP contribution in [-0.2, 0) is 6.54 Å². The lowest BCUT2D eigenvalue weighted by Gasteiger charge is -2.09. The Bertz CT molecular complexity index is 968. The lowest BCUT2D eigenvalue weighted by atomic mass is 10.1. The molecule has 0 aliphatic rings. The zero-order valence-corrected chi connectivity index (χ0v) is 15.6. The molecule has 2 amide bonds. The second kappa shape index (κ2) is 8.52. The van der Waals surface area contributed by atoms with E-state index >= 15 is 0 Å². The minimum atomic E-state index is -0.260. The molecule has 0 aromatic heterocycles. The topological polar surface area (TPSA) is 58.2 Å². The van der Waals surface area contributed by atoms with Crippen LogP contribution in [0.2, 0.25) is 5.02 Å². The number of halogens is 1. The van der Waals surface area contributed by atoms with Gasteiger partial charge in [0.25, 0.3) is 11.8 Å². The van der Waals surface area contributed by atoms with E-state index in [9.17, 15) is 9.59 Å². The van der Waals surface area contributed by atoms with Crippen LogP contribution in [0.15, 0.2) is 72.8 Å². The average Bonchev–Trinajstić information content (AvgIpc) is 2.67. The third-order valence-electron chi connectivity index (χ3n) is 4.19. The second-order valence-corrected chi connectivity index (χ2v) is 6.59. The number of carbonyl (C=O) groups is 2. The minimum absolute atomic E-state index is 0.181. The van der Waals surface area contributed by atoms with Gasteiger partial charge in [0.1, 0.15) is 0 Å². The van der Waals surface area contributed by atoms with Crippen LogP contribution in [0.5, 0.6) is 0 Å². The van der Waals surface area contributed by atoms with Crippen molar-refractivity contribution in [3.63, 3.8) is 0 Å². The minimum Gasteiger partial charge on any atom is -0.348 e. The van der Waals surface area contributed by atoms with Crippen molar-refractivity contribution in [2.45, 2.75) is 13.5 Å². The third kappa shape index (κ3) is 4.96. The summed E-state index contributed by atoms with van der Waals surface area (Å²) in [5, 5.41) is 6.22. The van der Waals surface area contributed by atoms with Crippen molar-refractivity contribution >= 4 is 29.1 Å². The molecule has 136 valence electrons. The summed E-state index contributed by atoms with van der Waals surface area (Å²) in [7, 11) is 0. The fraction of sp³-hybridized carbons (Fsp3) is 0.0909. The van der Waals surface area contributed by atoms with Crippen LogP contribution in [0.4, 0.5) is 5.69 Å². The van der Waals surface area contributed by atoms with Crippen LogP contribution in [0.25, 0.3) is 0 Å². The summed E-state index contributed by atoms with van der Waals surface area (Å²) in [4.78, 5) is 24.6. The fourth-order valence-electron chi connectivity index (χ4n) is 2.63. The number of benzene rings is 3. The summed E-state index contributed by atoms with van der Waals surface area (Å²) >= 11 is 5.92. The molecule has 0 fully saturated rings. The van der Waals surface area contributed by atoms with E-state index in [0.717, 1.165) is 11.1 Å². The lowest BCUT2D eigenvalue weighted by Crippen LogP contribution is -2.23. The van der Waals surface area contributed by atoms with Gasteiger partial charge in [-0.05, 0) is 60.5 Å². The average molecular weight is 379 g/mol. The van der Waals surface area contributed by atoms with E-state index in [0.29, 0.717) is 28.4 Å². The molecule has 2 N–H and O–H groups in total. The van der Waals surface area contributed by atoms with E-state index in [1.165, 1.54) is 0 Å². The number of amides is 2. The summed E-state index contributed by atoms with van der Waals surface area (Å²) < 4.78 is 0. The van der Waals surface area contributed by atoms with Gasteiger partial charge in [0.15, 0.2) is 0 Å². The third-order valence-corrected chi connectivity index (χ3v) is 4.43. The molecule has 5 heteroatoms. The van der Waals surface area contributed by atoms with Gasteiger partial charge < -0.3 is 10.6 Å². The van der Waals surface area contributed by atoms with Crippen LogP contribution in [0, 0.1) is 6.92 Å². The Hall–Kier alpha value is -3.11. The molecule has 0 saturated carbocycles. The molecule has 3 aromatic carbocycles. The smallest absolute Gasteiger partial charge is 0.255 e. The predicted molar refractivity (Wildman–Crippen MR) is 108 cm³/mol. The molecule has 0 spiro atoms. The summed E-state index contributed by atoms with van der Waals surface area (Å²) in [6.45, 7) is 2.47. The Morgan fingerprint density at radius 3 is 2.19 bits per heavy atom. The Morgan fingerprint density at radius 2 is 1.52 bits per heavy atom. The van der Waals surface area contributed by atoms with Crippen molar-refractivity contribution in [2.75, 3.05) is 5.32 Å². The molecule has 0 unspecified atom stereocenters. The van der Waals surface area contributed by atoms with E-state index in [1.807, 2.05) is 31.2 Å². The first-order valence-electron chi connectivity index (χ1n) is 8.52. The van der Waals surface area contributed by atoms with Crippen LogP contribution in [-0.4, -0.2) is 11.8 Å². The van der Waals surface area contributed by atoms with Gasteiger partial charge in [-0.3, -0.25) is 9.59 Å². The highest BCUT2D eigenvalue weighted by Gasteiger charge is 2.10. The summed E-state index contributed by atoms with van der Waals surface area (Å²) in [5.41, 5.74) is 3.79. The first-order chi connectivity index (χ1) is 13.0. The monoisotopic (exact) mass is 378 g/mol. The first kappa shape index (κ1) is 18.7. The molecular formula is C22H19ClN2O2. The molecule has 0 saturated heterocycles. The Morgan fingerprint density at radius 1 is 0.852 bits per heavy atom. The highest BCUT2D eigenvalue weighted by atomic mass is 35.5. The Kier molecular flexibility index (Phi) is 5.89. The van der Waals surface area contributed by atoms with Crippen molar-refractivity contribution in [3.05, 3.63) is 100 Å². The van der Waals surface area contributed by atoms with Gasteiger partial charge in [0.05, 0.1) is 0 Å². The van der Waals surface area contributed by atoms with E-state index in [4.69, 9.17) is 11.6 Å². The van der Waals surface area contributed by atoms with E-state index < -0.39 is 0 Å². The zero-order valence-electron chi connectivity index (χ0n) is 14.8. The molecule has 3 aromatic rings. The van der Waals surface area contributed by atoms with E-state index in [1.54, 1.807) is 48.5 Å². The van der Waals surface area contributed by atoms with Gasteiger partial charge in [-0.1, -0.05) is 41.9 Å². The summed E-state index contributed by atoms with van der Waals surface area (Å²) in [6, 6.07) is 21.4. The first-order valence-corrected chi connectivity index (χ1v) is 8.90. The molecule has 0 atom stereocenters. The number of rotatable bonds is 5. The molecule has 4 nitrogen and oxygen atoms in total. The van der Waals surface area contributed by atoms with Crippen molar-refractivity contribution in [2.24, 2.45) is 0 Å². The normalized spacial score (nSPS) is 10.3. The predicted octanol–water partition coefficient (Wildman–Crippen LogP) is 4.83. The quantitative estimate of drug-likeness (QED) is 0.668. The number of aryl methyl sites for hydroxylation is 1. The molecule has 0 bridgehead atoms. The second-order valence-electron chi connectivity index (χ2n) is 6.15. The molecular weight excluding hydrogens is 360 g/mol. The van der Waals surface area contributed by atoms with E-state index in [2.05, 4.69) is 10.6 Å². The lowest BCUT2D eigenvalue weighted by molar-refractivity contribution is 0.0949. The zero-order chi connectivity index (χ0) is 19.2. The van der Waals surface area contributed by atoms with Crippen LogP contribution in [0.3, 0.4) is 0 Å². The van der Waals surface area contributed by atoms with Gasteiger partial charge in [-0.25, -0.2) is 0 Å². The van der Waals surface area contributed by atoms with Gasteiger partial charge in [0.2, 0.25) is 0 Å². The number of hydrogen-bond donors (Lipinski definition) is 2. The largest absolute Gasteiger partial charge is 0.348 e. The van der Waals surface area contributed by atoms with Crippen molar-refractivity contribution < 1.29 is 9.59 Å². The molecule has 0 radical (unpaired) electrons. The maximum Gasteiger partial charge on any atom is 0.255 e. The van der Waals surface area contributed by atoms with E-state index in [-0.39, 0.29) is 11.8 Å². The molecule has 3 rings (SSSR count). The SMILES string of the molecule is Cc1ccccc1CNC(=O)c1ccc(C(=O)Nc2cccc(Cl)c2)cc1. The van der Waals surface area contributed by atoms with Crippen molar-refractivity contribution in [1.82, 2.24) is 5.32 Å². The number of carbonyl (C=O) groups excluding carboxylic acids is 2. The fourth-order valence-corrected chi connectivity index (χ4v) is 2.82. The van der Waals surface area contributed by atoms with Gasteiger partial charge >= 0.3 is 0 Å². The van der Waals surface area contributed by atoms with Crippen molar-refractivity contribution in [3.8, 4) is 0 Å². The molecule has 27 heavy (non-hydrogen) atoms.